The molecule has 22 heavy (non-hydrogen) atoms. The van der Waals surface area contributed by atoms with Crippen molar-refractivity contribution in [3.63, 3.8) is 0 Å². The molecule has 0 spiro atoms. The number of hydrogen-bond donors (Lipinski definition) is 1. The quantitative estimate of drug-likeness (QED) is 0.916. The van der Waals surface area contributed by atoms with Crippen LogP contribution < -0.4 is 5.32 Å². The van der Waals surface area contributed by atoms with Crippen LogP contribution in [-0.2, 0) is 16.8 Å². The van der Waals surface area contributed by atoms with Crippen molar-refractivity contribution in [1.29, 1.82) is 0 Å². The third kappa shape index (κ3) is 2.73. The summed E-state index contributed by atoms with van der Waals surface area (Å²) in [5.41, 5.74) is 1.16. The highest BCUT2D eigenvalue weighted by atomic mass is 19.1. The van der Waals surface area contributed by atoms with Crippen molar-refractivity contribution in [2.45, 2.75) is 31.2 Å². The van der Waals surface area contributed by atoms with E-state index in [1.165, 1.54) is 24.3 Å². The Bertz CT molecular complexity index is 660. The molecule has 4 heteroatoms. The first-order valence-corrected chi connectivity index (χ1v) is 7.39. The van der Waals surface area contributed by atoms with Gasteiger partial charge in [-0.3, -0.25) is 4.79 Å². The molecule has 0 atom stereocenters. The number of benzene rings is 2. The molecule has 0 unspecified atom stereocenters. The predicted molar refractivity (Wildman–Crippen MR) is 80.2 cm³/mol. The second-order valence-electron chi connectivity index (χ2n) is 5.75. The van der Waals surface area contributed by atoms with E-state index in [-0.39, 0.29) is 17.5 Å². The van der Waals surface area contributed by atoms with E-state index in [0.29, 0.717) is 6.54 Å². The van der Waals surface area contributed by atoms with E-state index >= 15 is 0 Å². The topological polar surface area (TPSA) is 29.1 Å². The lowest BCUT2D eigenvalue weighted by atomic mass is 9.64. The van der Waals surface area contributed by atoms with Crippen LogP contribution in [0, 0.1) is 11.6 Å². The molecule has 1 saturated carbocycles. The van der Waals surface area contributed by atoms with Crippen LogP contribution in [0.1, 0.15) is 30.4 Å². The third-order valence-electron chi connectivity index (χ3n) is 4.40. The number of rotatable bonds is 4. The molecule has 0 aliphatic heterocycles. The predicted octanol–water partition coefficient (Wildman–Crippen LogP) is 3.70. The van der Waals surface area contributed by atoms with Gasteiger partial charge in [0.25, 0.3) is 0 Å². The number of halogens is 2. The largest absolute Gasteiger partial charge is 0.351 e. The highest BCUT2D eigenvalue weighted by molar-refractivity contribution is 5.89. The van der Waals surface area contributed by atoms with Crippen molar-refractivity contribution in [1.82, 2.24) is 5.32 Å². The number of amides is 1. The molecule has 1 N–H and O–H groups in total. The van der Waals surface area contributed by atoms with Gasteiger partial charge in [0.2, 0.25) is 5.91 Å². The average Bonchev–Trinajstić information content (AvgIpc) is 2.47. The van der Waals surface area contributed by atoms with Crippen LogP contribution in [0.2, 0.25) is 0 Å². The first-order chi connectivity index (χ1) is 10.6. The zero-order valence-corrected chi connectivity index (χ0v) is 12.1. The monoisotopic (exact) mass is 301 g/mol. The Morgan fingerprint density at radius 2 is 1.50 bits per heavy atom. The van der Waals surface area contributed by atoms with E-state index in [4.69, 9.17) is 0 Å². The van der Waals surface area contributed by atoms with Gasteiger partial charge in [-0.1, -0.05) is 30.7 Å². The molecule has 1 amide bonds. The summed E-state index contributed by atoms with van der Waals surface area (Å²) in [6, 6.07) is 12.2. The SMILES string of the molecule is O=C(NCc1ccc(F)cc1)C1(c2ccc(F)cc2)CCC1. The van der Waals surface area contributed by atoms with Crippen LogP contribution >= 0.6 is 0 Å². The van der Waals surface area contributed by atoms with Crippen molar-refractivity contribution in [2.75, 3.05) is 0 Å². The van der Waals surface area contributed by atoms with Gasteiger partial charge in [-0.05, 0) is 48.2 Å². The summed E-state index contributed by atoms with van der Waals surface area (Å²) in [6.45, 7) is 0.363. The number of carbonyl (C=O) groups is 1. The molecule has 0 bridgehead atoms. The fourth-order valence-electron chi connectivity index (χ4n) is 2.90. The van der Waals surface area contributed by atoms with Gasteiger partial charge in [0, 0.05) is 6.54 Å². The van der Waals surface area contributed by atoms with Crippen LogP contribution in [0.25, 0.3) is 0 Å². The van der Waals surface area contributed by atoms with Crippen LogP contribution in [0.5, 0.6) is 0 Å². The maximum Gasteiger partial charge on any atom is 0.230 e. The Morgan fingerprint density at radius 1 is 0.955 bits per heavy atom. The standard InChI is InChI=1S/C18H17F2NO/c19-15-6-2-13(3-7-15)12-21-17(22)18(10-1-11-18)14-4-8-16(20)9-5-14/h2-9H,1,10-12H2,(H,21,22). The molecule has 0 heterocycles. The lowest BCUT2D eigenvalue weighted by Gasteiger charge is -2.40. The molecule has 114 valence electrons. The van der Waals surface area contributed by atoms with Crippen LogP contribution in [0.3, 0.4) is 0 Å². The van der Waals surface area contributed by atoms with Gasteiger partial charge in [0.1, 0.15) is 11.6 Å². The number of hydrogen-bond acceptors (Lipinski definition) is 1. The summed E-state index contributed by atoms with van der Waals surface area (Å²) < 4.78 is 25.9. The minimum Gasteiger partial charge on any atom is -0.351 e. The van der Waals surface area contributed by atoms with Crippen molar-refractivity contribution in [3.05, 3.63) is 71.3 Å². The molecule has 0 aromatic heterocycles. The minimum absolute atomic E-state index is 0.0466. The van der Waals surface area contributed by atoms with E-state index in [1.54, 1.807) is 24.3 Å². The molecule has 2 aromatic carbocycles. The van der Waals surface area contributed by atoms with Gasteiger partial charge in [0.15, 0.2) is 0 Å². The summed E-state index contributed by atoms with van der Waals surface area (Å²) >= 11 is 0. The van der Waals surface area contributed by atoms with E-state index in [1.807, 2.05) is 0 Å². The Hall–Kier alpha value is -2.23. The molecule has 2 aromatic rings. The van der Waals surface area contributed by atoms with E-state index < -0.39 is 5.41 Å². The smallest absolute Gasteiger partial charge is 0.230 e. The second kappa shape index (κ2) is 5.87. The summed E-state index contributed by atoms with van der Waals surface area (Å²) in [5, 5.41) is 2.92. The molecular formula is C18H17F2NO. The summed E-state index contributed by atoms with van der Waals surface area (Å²) in [5.74, 6) is -0.642. The van der Waals surface area contributed by atoms with Crippen molar-refractivity contribution >= 4 is 5.91 Å². The highest BCUT2D eigenvalue weighted by Crippen LogP contribution is 2.44. The summed E-state index contributed by atoms with van der Waals surface area (Å²) in [6.07, 6.45) is 2.53. The van der Waals surface area contributed by atoms with Crippen LogP contribution in [-0.4, -0.2) is 5.91 Å². The Labute approximate surface area is 128 Å². The molecule has 1 fully saturated rings. The highest BCUT2D eigenvalue weighted by Gasteiger charge is 2.45. The maximum atomic E-state index is 13.1. The molecule has 2 nitrogen and oxygen atoms in total. The zero-order valence-electron chi connectivity index (χ0n) is 12.1. The molecule has 0 radical (unpaired) electrons. The van der Waals surface area contributed by atoms with E-state index in [0.717, 1.165) is 30.4 Å². The second-order valence-corrected chi connectivity index (χ2v) is 5.75. The van der Waals surface area contributed by atoms with E-state index in [2.05, 4.69) is 5.32 Å². The number of nitrogens with one attached hydrogen (secondary N) is 1. The van der Waals surface area contributed by atoms with Gasteiger partial charge < -0.3 is 5.32 Å². The molecule has 1 aliphatic rings. The fraction of sp³-hybridized carbons (Fsp3) is 0.278. The summed E-state index contributed by atoms with van der Waals surface area (Å²) in [4.78, 5) is 12.6. The maximum absolute atomic E-state index is 13.1. The molecule has 1 aliphatic carbocycles. The van der Waals surface area contributed by atoms with Gasteiger partial charge in [-0.2, -0.15) is 0 Å². The Balaban J connectivity index is 1.71. The first-order valence-electron chi connectivity index (χ1n) is 7.39. The molecule has 0 saturated heterocycles. The van der Waals surface area contributed by atoms with Crippen LogP contribution in [0.15, 0.2) is 48.5 Å². The molecular weight excluding hydrogens is 284 g/mol. The average molecular weight is 301 g/mol. The Kier molecular flexibility index (Phi) is 3.92. The van der Waals surface area contributed by atoms with Gasteiger partial charge in [0.05, 0.1) is 5.41 Å². The third-order valence-corrected chi connectivity index (χ3v) is 4.40. The van der Waals surface area contributed by atoms with Crippen molar-refractivity contribution in [3.8, 4) is 0 Å². The lowest BCUT2D eigenvalue weighted by molar-refractivity contribution is -0.130. The van der Waals surface area contributed by atoms with Gasteiger partial charge in [-0.15, -0.1) is 0 Å². The fourth-order valence-corrected chi connectivity index (χ4v) is 2.90. The van der Waals surface area contributed by atoms with Crippen LogP contribution in [0.4, 0.5) is 8.78 Å². The van der Waals surface area contributed by atoms with Gasteiger partial charge in [-0.25, -0.2) is 8.78 Å². The van der Waals surface area contributed by atoms with Crippen molar-refractivity contribution in [2.24, 2.45) is 0 Å². The normalized spacial score (nSPS) is 15.9. The molecule has 3 rings (SSSR count). The van der Waals surface area contributed by atoms with E-state index in [9.17, 15) is 13.6 Å². The van der Waals surface area contributed by atoms with Crippen molar-refractivity contribution < 1.29 is 13.6 Å². The van der Waals surface area contributed by atoms with Gasteiger partial charge >= 0.3 is 0 Å². The first kappa shape index (κ1) is 14.7. The number of carbonyl (C=O) groups excluding carboxylic acids is 1. The summed E-state index contributed by atoms with van der Waals surface area (Å²) in [7, 11) is 0. The zero-order chi connectivity index (χ0) is 15.6. The lowest BCUT2D eigenvalue weighted by Crippen LogP contribution is -2.49. The Morgan fingerprint density at radius 3 is 2.00 bits per heavy atom. The minimum atomic E-state index is -0.548.